The Hall–Kier alpha value is -1.28. The second kappa shape index (κ2) is 5.17. The molecule has 1 aromatic heterocycles. The van der Waals surface area contributed by atoms with Gasteiger partial charge in [-0.15, -0.1) is 0 Å². The van der Waals surface area contributed by atoms with Crippen molar-refractivity contribution in [3.63, 3.8) is 0 Å². The Morgan fingerprint density at radius 1 is 1.44 bits per heavy atom. The standard InChI is InChI=1S/C8H11F2N3O2S/c1-11-8-3-2-6(4-12-8)16(14,15)13-5-7(9)10/h2-4,7,13H,5H2,1H3,(H,11,12). The van der Waals surface area contributed by atoms with E-state index in [1.807, 2.05) is 0 Å². The number of rotatable bonds is 5. The summed E-state index contributed by atoms with van der Waals surface area (Å²) in [5.74, 6) is 0.493. The number of halogens is 2. The molecule has 1 heterocycles. The molecule has 0 aliphatic carbocycles. The fourth-order valence-electron chi connectivity index (χ4n) is 0.943. The number of pyridine rings is 1. The van der Waals surface area contributed by atoms with Gasteiger partial charge in [0.1, 0.15) is 10.7 Å². The molecule has 90 valence electrons. The number of alkyl halides is 2. The molecule has 0 amide bonds. The summed E-state index contributed by atoms with van der Waals surface area (Å²) >= 11 is 0. The highest BCUT2D eigenvalue weighted by molar-refractivity contribution is 7.89. The molecule has 0 saturated heterocycles. The third kappa shape index (κ3) is 3.38. The molecule has 8 heteroatoms. The summed E-state index contributed by atoms with van der Waals surface area (Å²) in [6.45, 7) is -0.907. The van der Waals surface area contributed by atoms with Crippen LogP contribution in [0.25, 0.3) is 0 Å². The molecule has 1 aromatic rings. The summed E-state index contributed by atoms with van der Waals surface area (Å²) in [5, 5.41) is 2.71. The van der Waals surface area contributed by atoms with E-state index in [4.69, 9.17) is 0 Å². The fraction of sp³-hybridized carbons (Fsp3) is 0.375. The van der Waals surface area contributed by atoms with E-state index in [2.05, 4.69) is 10.3 Å². The average molecular weight is 251 g/mol. The first kappa shape index (κ1) is 12.8. The van der Waals surface area contributed by atoms with Gasteiger partial charge in [0.05, 0.1) is 6.54 Å². The Bertz CT molecular complexity index is 433. The van der Waals surface area contributed by atoms with Gasteiger partial charge < -0.3 is 5.32 Å². The van der Waals surface area contributed by atoms with Crippen molar-refractivity contribution in [2.75, 3.05) is 18.9 Å². The minimum Gasteiger partial charge on any atom is -0.373 e. The molecule has 0 radical (unpaired) electrons. The zero-order valence-corrected chi connectivity index (χ0v) is 9.26. The van der Waals surface area contributed by atoms with Crippen LogP contribution < -0.4 is 10.0 Å². The predicted octanol–water partition coefficient (Wildman–Crippen LogP) is 0.667. The van der Waals surface area contributed by atoms with E-state index in [1.54, 1.807) is 11.8 Å². The predicted molar refractivity (Wildman–Crippen MR) is 55.0 cm³/mol. The third-order valence-electron chi connectivity index (χ3n) is 1.73. The molecule has 5 nitrogen and oxygen atoms in total. The summed E-state index contributed by atoms with van der Waals surface area (Å²) in [6, 6.07) is 2.73. The lowest BCUT2D eigenvalue weighted by Gasteiger charge is -2.06. The smallest absolute Gasteiger partial charge is 0.251 e. The van der Waals surface area contributed by atoms with Crippen molar-refractivity contribution >= 4 is 15.8 Å². The summed E-state index contributed by atoms with van der Waals surface area (Å²) in [6.07, 6.45) is -1.63. The third-order valence-corrected chi connectivity index (χ3v) is 3.14. The highest BCUT2D eigenvalue weighted by Crippen LogP contribution is 2.10. The zero-order chi connectivity index (χ0) is 12.2. The van der Waals surface area contributed by atoms with Gasteiger partial charge in [0, 0.05) is 13.2 Å². The molecular weight excluding hydrogens is 240 g/mol. The molecule has 0 bridgehead atoms. The van der Waals surface area contributed by atoms with Crippen LogP contribution in [-0.2, 0) is 10.0 Å². The van der Waals surface area contributed by atoms with Crippen LogP contribution in [-0.4, -0.2) is 33.4 Å². The maximum absolute atomic E-state index is 11.8. The van der Waals surface area contributed by atoms with Gasteiger partial charge in [0.25, 0.3) is 6.43 Å². The van der Waals surface area contributed by atoms with Crippen molar-refractivity contribution in [3.05, 3.63) is 18.3 Å². The van der Waals surface area contributed by atoms with Crippen LogP contribution >= 0.6 is 0 Å². The van der Waals surface area contributed by atoms with E-state index >= 15 is 0 Å². The van der Waals surface area contributed by atoms with Gasteiger partial charge in [-0.2, -0.15) is 0 Å². The Morgan fingerprint density at radius 2 is 2.12 bits per heavy atom. The van der Waals surface area contributed by atoms with Crippen LogP contribution in [0.15, 0.2) is 23.2 Å². The molecule has 1 rings (SSSR count). The Balaban J connectivity index is 2.82. The van der Waals surface area contributed by atoms with E-state index < -0.39 is 23.0 Å². The molecule has 16 heavy (non-hydrogen) atoms. The highest BCUT2D eigenvalue weighted by Gasteiger charge is 2.16. The number of nitrogens with one attached hydrogen (secondary N) is 2. The minimum atomic E-state index is -3.90. The van der Waals surface area contributed by atoms with Crippen molar-refractivity contribution in [1.29, 1.82) is 0 Å². The molecular formula is C8H11F2N3O2S. The first-order chi connectivity index (χ1) is 7.45. The van der Waals surface area contributed by atoms with Gasteiger partial charge >= 0.3 is 0 Å². The van der Waals surface area contributed by atoms with Crippen molar-refractivity contribution in [3.8, 4) is 0 Å². The second-order valence-corrected chi connectivity index (χ2v) is 4.64. The van der Waals surface area contributed by atoms with Crippen LogP contribution in [0.2, 0.25) is 0 Å². The van der Waals surface area contributed by atoms with Crippen LogP contribution in [0.5, 0.6) is 0 Å². The zero-order valence-electron chi connectivity index (χ0n) is 8.44. The molecule has 0 saturated carbocycles. The van der Waals surface area contributed by atoms with Gasteiger partial charge in [-0.25, -0.2) is 26.9 Å². The van der Waals surface area contributed by atoms with E-state index in [9.17, 15) is 17.2 Å². The molecule has 0 aliphatic heterocycles. The van der Waals surface area contributed by atoms with Crippen molar-refractivity contribution in [2.45, 2.75) is 11.3 Å². The van der Waals surface area contributed by atoms with Gasteiger partial charge in [-0.3, -0.25) is 0 Å². The molecule has 0 fully saturated rings. The number of nitrogens with zero attached hydrogens (tertiary/aromatic N) is 1. The number of hydrogen-bond donors (Lipinski definition) is 2. The van der Waals surface area contributed by atoms with Gasteiger partial charge in [0.2, 0.25) is 10.0 Å². The maximum atomic E-state index is 11.8. The maximum Gasteiger partial charge on any atom is 0.251 e. The fourth-order valence-corrected chi connectivity index (χ4v) is 1.89. The van der Waals surface area contributed by atoms with Crippen molar-refractivity contribution < 1.29 is 17.2 Å². The Kier molecular flexibility index (Phi) is 4.13. The summed E-state index contributed by atoms with van der Waals surface area (Å²) in [4.78, 5) is 3.63. The molecule has 0 spiro atoms. The first-order valence-corrected chi connectivity index (χ1v) is 5.85. The second-order valence-electron chi connectivity index (χ2n) is 2.87. The highest BCUT2D eigenvalue weighted by atomic mass is 32.2. The Labute approximate surface area is 91.9 Å². The van der Waals surface area contributed by atoms with E-state index in [0.717, 1.165) is 6.20 Å². The number of anilines is 1. The van der Waals surface area contributed by atoms with Gasteiger partial charge in [-0.05, 0) is 12.1 Å². The minimum absolute atomic E-state index is 0.146. The monoisotopic (exact) mass is 251 g/mol. The molecule has 0 aliphatic rings. The summed E-state index contributed by atoms with van der Waals surface area (Å²) in [7, 11) is -2.27. The topological polar surface area (TPSA) is 71.1 Å². The lowest BCUT2D eigenvalue weighted by atomic mass is 10.5. The quantitative estimate of drug-likeness (QED) is 0.806. The van der Waals surface area contributed by atoms with Gasteiger partial charge in [0.15, 0.2) is 0 Å². The van der Waals surface area contributed by atoms with E-state index in [1.165, 1.54) is 12.1 Å². The SMILES string of the molecule is CNc1ccc(S(=O)(=O)NCC(F)F)cn1. The average Bonchev–Trinajstić information content (AvgIpc) is 2.27. The molecule has 0 atom stereocenters. The number of sulfonamides is 1. The normalized spacial score (nSPS) is 11.8. The van der Waals surface area contributed by atoms with Crippen LogP contribution in [0.1, 0.15) is 0 Å². The Morgan fingerprint density at radius 3 is 2.56 bits per heavy atom. The van der Waals surface area contributed by atoms with E-state index in [-0.39, 0.29) is 4.90 Å². The molecule has 0 unspecified atom stereocenters. The molecule has 2 N–H and O–H groups in total. The number of hydrogen-bond acceptors (Lipinski definition) is 4. The lowest BCUT2D eigenvalue weighted by molar-refractivity contribution is 0.153. The first-order valence-electron chi connectivity index (χ1n) is 4.37. The summed E-state index contributed by atoms with van der Waals surface area (Å²) in [5.41, 5.74) is 0. The number of aromatic nitrogens is 1. The van der Waals surface area contributed by atoms with Crippen LogP contribution in [0.4, 0.5) is 14.6 Å². The lowest BCUT2D eigenvalue weighted by Crippen LogP contribution is -2.28. The summed E-state index contributed by atoms with van der Waals surface area (Å²) < 4.78 is 48.3. The van der Waals surface area contributed by atoms with Crippen LogP contribution in [0.3, 0.4) is 0 Å². The molecule has 0 aromatic carbocycles. The van der Waals surface area contributed by atoms with Crippen molar-refractivity contribution in [2.24, 2.45) is 0 Å². The van der Waals surface area contributed by atoms with E-state index in [0.29, 0.717) is 5.82 Å². The largest absolute Gasteiger partial charge is 0.373 e. The van der Waals surface area contributed by atoms with Crippen molar-refractivity contribution in [1.82, 2.24) is 9.71 Å². The van der Waals surface area contributed by atoms with Gasteiger partial charge in [-0.1, -0.05) is 0 Å². The van der Waals surface area contributed by atoms with Crippen LogP contribution in [0, 0.1) is 0 Å².